The Balaban J connectivity index is 1.97. The highest BCUT2D eigenvalue weighted by Crippen LogP contribution is 2.21. The number of carbonyl (C=O) groups excluding carboxylic acids is 1. The van der Waals surface area contributed by atoms with Crippen LogP contribution in [0.2, 0.25) is 0 Å². The number of hydrogen-bond donors (Lipinski definition) is 0. The molecule has 0 unspecified atom stereocenters. The average molecular weight is 339 g/mol. The van der Waals surface area contributed by atoms with Crippen molar-refractivity contribution in [1.29, 1.82) is 0 Å². The molecule has 1 saturated heterocycles. The molecule has 4 heteroatoms. The standard InChI is InChI=1S/C16H23BrN2O/c1-3-10-19-11-8-13(9-12-19)18(2)16(20)14-6-4-5-7-15(14)17/h4-7,13H,3,8-12H2,1-2H3. The molecule has 0 radical (unpaired) electrons. The Kier molecular flexibility index (Phi) is 5.61. The summed E-state index contributed by atoms with van der Waals surface area (Å²) in [6, 6.07) is 8.02. The lowest BCUT2D eigenvalue weighted by Crippen LogP contribution is -2.45. The van der Waals surface area contributed by atoms with E-state index >= 15 is 0 Å². The van der Waals surface area contributed by atoms with Crippen molar-refractivity contribution in [3.8, 4) is 0 Å². The van der Waals surface area contributed by atoms with Crippen molar-refractivity contribution < 1.29 is 4.79 Å². The van der Waals surface area contributed by atoms with Crippen LogP contribution in [0.5, 0.6) is 0 Å². The SMILES string of the molecule is CCCN1CCC(N(C)C(=O)c2ccccc2Br)CC1. The first-order valence-corrected chi connectivity index (χ1v) is 8.16. The van der Waals surface area contributed by atoms with Crippen molar-refractivity contribution in [2.75, 3.05) is 26.7 Å². The Morgan fingerprint density at radius 3 is 2.60 bits per heavy atom. The number of likely N-dealkylation sites (tertiary alicyclic amines) is 1. The molecule has 1 fully saturated rings. The third-order valence-electron chi connectivity index (χ3n) is 4.07. The highest BCUT2D eigenvalue weighted by Gasteiger charge is 2.26. The van der Waals surface area contributed by atoms with Crippen molar-refractivity contribution in [1.82, 2.24) is 9.80 Å². The van der Waals surface area contributed by atoms with Gasteiger partial charge in [0.1, 0.15) is 0 Å². The molecule has 0 aliphatic carbocycles. The quantitative estimate of drug-likeness (QED) is 0.839. The lowest BCUT2D eigenvalue weighted by molar-refractivity contribution is 0.0642. The Labute approximate surface area is 130 Å². The number of carbonyl (C=O) groups is 1. The summed E-state index contributed by atoms with van der Waals surface area (Å²) >= 11 is 3.46. The summed E-state index contributed by atoms with van der Waals surface area (Å²) in [4.78, 5) is 17.0. The van der Waals surface area contributed by atoms with E-state index in [0.717, 1.165) is 36.0 Å². The molecule has 1 amide bonds. The van der Waals surface area contributed by atoms with E-state index in [2.05, 4.69) is 27.8 Å². The molecule has 1 aromatic rings. The molecule has 2 rings (SSSR count). The van der Waals surface area contributed by atoms with Gasteiger partial charge in [0.05, 0.1) is 5.56 Å². The Bertz CT molecular complexity index is 456. The zero-order valence-electron chi connectivity index (χ0n) is 12.3. The van der Waals surface area contributed by atoms with Gasteiger partial charge in [0, 0.05) is 30.7 Å². The Morgan fingerprint density at radius 1 is 1.35 bits per heavy atom. The van der Waals surface area contributed by atoms with Gasteiger partial charge in [0.25, 0.3) is 5.91 Å². The molecule has 0 saturated carbocycles. The van der Waals surface area contributed by atoms with Gasteiger partial charge in [-0.15, -0.1) is 0 Å². The maximum Gasteiger partial charge on any atom is 0.254 e. The van der Waals surface area contributed by atoms with Gasteiger partial charge in [-0.1, -0.05) is 19.1 Å². The fraction of sp³-hybridized carbons (Fsp3) is 0.562. The van der Waals surface area contributed by atoms with Crippen LogP contribution in [0, 0.1) is 0 Å². The highest BCUT2D eigenvalue weighted by molar-refractivity contribution is 9.10. The van der Waals surface area contributed by atoms with Crippen LogP contribution in [-0.2, 0) is 0 Å². The molecule has 0 N–H and O–H groups in total. The van der Waals surface area contributed by atoms with E-state index in [0.29, 0.717) is 6.04 Å². The van der Waals surface area contributed by atoms with Crippen LogP contribution >= 0.6 is 15.9 Å². The fourth-order valence-electron chi connectivity index (χ4n) is 2.84. The maximum atomic E-state index is 12.6. The predicted octanol–water partition coefficient (Wildman–Crippen LogP) is 3.40. The second kappa shape index (κ2) is 7.23. The summed E-state index contributed by atoms with van der Waals surface area (Å²) in [5.74, 6) is 0.117. The van der Waals surface area contributed by atoms with Crippen molar-refractivity contribution >= 4 is 21.8 Å². The van der Waals surface area contributed by atoms with Crippen molar-refractivity contribution in [3.63, 3.8) is 0 Å². The monoisotopic (exact) mass is 338 g/mol. The van der Waals surface area contributed by atoms with Crippen LogP contribution in [0.15, 0.2) is 28.7 Å². The lowest BCUT2D eigenvalue weighted by Gasteiger charge is -2.36. The number of rotatable bonds is 4. The molecule has 0 bridgehead atoms. The zero-order chi connectivity index (χ0) is 14.5. The topological polar surface area (TPSA) is 23.6 Å². The number of nitrogens with zero attached hydrogens (tertiary/aromatic N) is 2. The lowest BCUT2D eigenvalue weighted by atomic mass is 10.0. The van der Waals surface area contributed by atoms with E-state index in [4.69, 9.17) is 0 Å². The van der Waals surface area contributed by atoms with Gasteiger partial charge in [-0.2, -0.15) is 0 Å². The van der Waals surface area contributed by atoms with Crippen LogP contribution < -0.4 is 0 Å². The second-order valence-corrected chi connectivity index (χ2v) is 6.32. The zero-order valence-corrected chi connectivity index (χ0v) is 13.9. The smallest absolute Gasteiger partial charge is 0.254 e. The number of piperidine rings is 1. The molecule has 3 nitrogen and oxygen atoms in total. The molecule has 110 valence electrons. The summed E-state index contributed by atoms with van der Waals surface area (Å²) in [5.41, 5.74) is 0.756. The largest absolute Gasteiger partial charge is 0.339 e. The van der Waals surface area contributed by atoms with E-state index in [1.807, 2.05) is 36.2 Å². The average Bonchev–Trinajstić information content (AvgIpc) is 2.47. The van der Waals surface area contributed by atoms with Gasteiger partial charge < -0.3 is 9.80 Å². The molecule has 1 aliphatic heterocycles. The van der Waals surface area contributed by atoms with Gasteiger partial charge in [-0.05, 0) is 53.9 Å². The number of amides is 1. The van der Waals surface area contributed by atoms with E-state index in [1.165, 1.54) is 13.0 Å². The highest BCUT2D eigenvalue weighted by atomic mass is 79.9. The van der Waals surface area contributed by atoms with Gasteiger partial charge >= 0.3 is 0 Å². The second-order valence-electron chi connectivity index (χ2n) is 5.47. The van der Waals surface area contributed by atoms with Gasteiger partial charge in [-0.3, -0.25) is 4.79 Å². The van der Waals surface area contributed by atoms with E-state index < -0.39 is 0 Å². The minimum absolute atomic E-state index is 0.117. The van der Waals surface area contributed by atoms with Gasteiger partial charge in [0.2, 0.25) is 0 Å². The molecular weight excluding hydrogens is 316 g/mol. The molecule has 1 aliphatic rings. The maximum absolute atomic E-state index is 12.6. The van der Waals surface area contributed by atoms with Gasteiger partial charge in [0.15, 0.2) is 0 Å². The first-order chi connectivity index (χ1) is 9.63. The van der Waals surface area contributed by atoms with Crippen molar-refractivity contribution in [2.24, 2.45) is 0 Å². The number of halogens is 1. The molecule has 1 aromatic carbocycles. The molecule has 0 aromatic heterocycles. The molecule has 1 heterocycles. The van der Waals surface area contributed by atoms with Gasteiger partial charge in [-0.25, -0.2) is 0 Å². The van der Waals surface area contributed by atoms with E-state index in [9.17, 15) is 4.79 Å². The van der Waals surface area contributed by atoms with Crippen LogP contribution in [0.4, 0.5) is 0 Å². The number of benzene rings is 1. The van der Waals surface area contributed by atoms with E-state index in [-0.39, 0.29) is 5.91 Å². The fourth-order valence-corrected chi connectivity index (χ4v) is 3.29. The third kappa shape index (κ3) is 3.61. The minimum atomic E-state index is 0.117. The van der Waals surface area contributed by atoms with Crippen LogP contribution in [0.1, 0.15) is 36.5 Å². The summed E-state index contributed by atoms with van der Waals surface area (Å²) in [7, 11) is 1.93. The summed E-state index contributed by atoms with van der Waals surface area (Å²) < 4.78 is 0.875. The van der Waals surface area contributed by atoms with Crippen molar-refractivity contribution in [3.05, 3.63) is 34.3 Å². The minimum Gasteiger partial charge on any atom is -0.339 e. The Hall–Kier alpha value is -0.870. The molecular formula is C16H23BrN2O. The van der Waals surface area contributed by atoms with Crippen molar-refractivity contribution in [2.45, 2.75) is 32.2 Å². The summed E-state index contributed by atoms with van der Waals surface area (Å²) in [5, 5.41) is 0. The van der Waals surface area contributed by atoms with E-state index in [1.54, 1.807) is 0 Å². The van der Waals surface area contributed by atoms with Crippen LogP contribution in [-0.4, -0.2) is 48.4 Å². The summed E-state index contributed by atoms with van der Waals surface area (Å²) in [6.07, 6.45) is 3.36. The third-order valence-corrected chi connectivity index (χ3v) is 4.76. The summed E-state index contributed by atoms with van der Waals surface area (Å²) in [6.45, 7) is 5.60. The number of hydrogen-bond acceptors (Lipinski definition) is 2. The molecule has 0 atom stereocenters. The van der Waals surface area contributed by atoms with Crippen LogP contribution in [0.25, 0.3) is 0 Å². The van der Waals surface area contributed by atoms with Crippen LogP contribution in [0.3, 0.4) is 0 Å². The first kappa shape index (κ1) is 15.5. The molecule has 0 spiro atoms. The predicted molar refractivity (Wildman–Crippen MR) is 86.0 cm³/mol. The Morgan fingerprint density at radius 2 is 2.00 bits per heavy atom. The molecule has 20 heavy (non-hydrogen) atoms. The normalized spacial score (nSPS) is 17.1. The first-order valence-electron chi connectivity index (χ1n) is 7.37.